The normalized spacial score (nSPS) is 10.5. The van der Waals surface area contributed by atoms with E-state index in [9.17, 15) is 0 Å². The molecule has 15 heavy (non-hydrogen) atoms. The summed E-state index contributed by atoms with van der Waals surface area (Å²) in [7, 11) is 0. The van der Waals surface area contributed by atoms with Crippen molar-refractivity contribution in [2.45, 2.75) is 20.0 Å². The third-order valence-corrected chi connectivity index (χ3v) is 2.31. The van der Waals surface area contributed by atoms with Gasteiger partial charge in [0.2, 0.25) is 0 Å². The monoisotopic (exact) mass is 202 g/mol. The van der Waals surface area contributed by atoms with Crippen molar-refractivity contribution in [2.24, 2.45) is 0 Å². The molecule has 2 N–H and O–H groups in total. The molecule has 0 spiro atoms. The molecule has 0 radical (unpaired) electrons. The highest BCUT2D eigenvalue weighted by Gasteiger charge is 1.99. The van der Waals surface area contributed by atoms with Crippen LogP contribution in [0.4, 0.5) is 0 Å². The van der Waals surface area contributed by atoms with Crippen molar-refractivity contribution in [2.75, 3.05) is 0 Å². The van der Waals surface area contributed by atoms with Gasteiger partial charge in [-0.2, -0.15) is 0 Å². The van der Waals surface area contributed by atoms with Gasteiger partial charge in [0.15, 0.2) is 0 Å². The lowest BCUT2D eigenvalue weighted by molar-refractivity contribution is 0.678. The molecule has 0 atom stereocenters. The molecule has 0 aliphatic heterocycles. The van der Waals surface area contributed by atoms with E-state index in [1.165, 1.54) is 5.56 Å². The third kappa shape index (κ3) is 2.63. The van der Waals surface area contributed by atoms with Gasteiger partial charge in [-0.15, -0.1) is 0 Å². The minimum atomic E-state index is 0.789. The molecule has 2 heterocycles. The van der Waals surface area contributed by atoms with Crippen LogP contribution in [0.3, 0.4) is 0 Å². The minimum absolute atomic E-state index is 0.789. The summed E-state index contributed by atoms with van der Waals surface area (Å²) in [4.78, 5) is 11.2. The van der Waals surface area contributed by atoms with Crippen LogP contribution in [0, 0.1) is 6.92 Å². The second-order valence-electron chi connectivity index (χ2n) is 3.43. The van der Waals surface area contributed by atoms with Crippen molar-refractivity contribution in [1.82, 2.24) is 20.3 Å². The summed E-state index contributed by atoms with van der Waals surface area (Å²) < 4.78 is 0. The van der Waals surface area contributed by atoms with Gasteiger partial charge in [-0.3, -0.25) is 4.98 Å². The average Bonchev–Trinajstić information content (AvgIpc) is 2.66. The van der Waals surface area contributed by atoms with Gasteiger partial charge in [0.25, 0.3) is 0 Å². The number of nitrogens with one attached hydrogen (secondary N) is 2. The highest BCUT2D eigenvalue weighted by atomic mass is 14.9. The molecule has 0 amide bonds. The molecule has 4 nitrogen and oxygen atoms in total. The lowest BCUT2D eigenvalue weighted by Crippen LogP contribution is -2.13. The number of hydrogen-bond donors (Lipinski definition) is 2. The van der Waals surface area contributed by atoms with Gasteiger partial charge in [-0.1, -0.05) is 0 Å². The molecule has 0 aliphatic carbocycles. The Hall–Kier alpha value is -1.68. The molecule has 2 rings (SSSR count). The fourth-order valence-corrected chi connectivity index (χ4v) is 1.39. The summed E-state index contributed by atoms with van der Waals surface area (Å²) in [6.07, 6.45) is 5.33. The van der Waals surface area contributed by atoms with Crippen LogP contribution in [0.15, 0.2) is 30.9 Å². The van der Waals surface area contributed by atoms with Gasteiger partial charge in [0.1, 0.15) is 0 Å². The van der Waals surface area contributed by atoms with E-state index < -0.39 is 0 Å². The molecule has 4 heteroatoms. The lowest BCUT2D eigenvalue weighted by atomic mass is 10.2. The Labute approximate surface area is 88.8 Å². The van der Waals surface area contributed by atoms with Crippen LogP contribution in [0.25, 0.3) is 0 Å². The van der Waals surface area contributed by atoms with Crippen LogP contribution < -0.4 is 5.32 Å². The number of H-pyrrole nitrogens is 1. The Kier molecular flexibility index (Phi) is 3.09. The van der Waals surface area contributed by atoms with E-state index in [0.29, 0.717) is 0 Å². The summed E-state index contributed by atoms with van der Waals surface area (Å²) in [6, 6.07) is 4.01. The maximum absolute atomic E-state index is 4.22. The largest absolute Gasteiger partial charge is 0.348 e. The first-order valence-electron chi connectivity index (χ1n) is 4.95. The Morgan fingerprint density at radius 1 is 1.27 bits per heavy atom. The van der Waals surface area contributed by atoms with Crippen LogP contribution in [-0.2, 0) is 13.1 Å². The van der Waals surface area contributed by atoms with E-state index in [2.05, 4.69) is 20.3 Å². The molecule has 78 valence electrons. The topological polar surface area (TPSA) is 53.6 Å². The predicted molar refractivity (Wildman–Crippen MR) is 58.1 cm³/mol. The number of pyridine rings is 1. The number of nitrogens with zero attached hydrogens (tertiary/aromatic N) is 2. The molecule has 0 saturated carbocycles. The molecule has 0 saturated heterocycles. The fraction of sp³-hybridized carbons (Fsp3) is 0.273. The first-order valence-corrected chi connectivity index (χ1v) is 4.95. The van der Waals surface area contributed by atoms with Crippen LogP contribution in [0.2, 0.25) is 0 Å². The first kappa shape index (κ1) is 9.86. The van der Waals surface area contributed by atoms with E-state index in [1.54, 1.807) is 18.7 Å². The second-order valence-corrected chi connectivity index (χ2v) is 3.43. The van der Waals surface area contributed by atoms with Gasteiger partial charge in [-0.05, 0) is 24.6 Å². The van der Waals surface area contributed by atoms with E-state index in [0.717, 1.165) is 24.5 Å². The lowest BCUT2D eigenvalue weighted by Gasteiger charge is -2.03. The smallest absolute Gasteiger partial charge is 0.0925 e. The van der Waals surface area contributed by atoms with E-state index in [4.69, 9.17) is 0 Å². The summed E-state index contributed by atoms with van der Waals surface area (Å²) in [5.74, 6) is 0. The number of aromatic nitrogens is 3. The maximum Gasteiger partial charge on any atom is 0.0925 e. The van der Waals surface area contributed by atoms with Crippen LogP contribution in [0.1, 0.15) is 17.0 Å². The Morgan fingerprint density at radius 2 is 2.07 bits per heavy atom. The number of hydrogen-bond acceptors (Lipinski definition) is 3. The van der Waals surface area contributed by atoms with Crippen molar-refractivity contribution in [3.63, 3.8) is 0 Å². The highest BCUT2D eigenvalue weighted by molar-refractivity contribution is 5.11. The number of rotatable bonds is 4. The van der Waals surface area contributed by atoms with Gasteiger partial charge in [0, 0.05) is 31.2 Å². The van der Waals surface area contributed by atoms with Gasteiger partial charge < -0.3 is 10.3 Å². The van der Waals surface area contributed by atoms with E-state index >= 15 is 0 Å². The Balaban J connectivity index is 1.83. The van der Waals surface area contributed by atoms with Crippen molar-refractivity contribution < 1.29 is 0 Å². The third-order valence-electron chi connectivity index (χ3n) is 2.31. The molecular formula is C11H14N4. The number of aromatic amines is 1. The zero-order chi connectivity index (χ0) is 10.5. The quantitative estimate of drug-likeness (QED) is 0.788. The molecule has 0 aromatic carbocycles. The number of imidazole rings is 1. The summed E-state index contributed by atoms with van der Waals surface area (Å²) in [5.41, 5.74) is 3.43. The zero-order valence-corrected chi connectivity index (χ0v) is 8.70. The van der Waals surface area contributed by atoms with Crippen LogP contribution >= 0.6 is 0 Å². The Morgan fingerprint density at radius 3 is 2.73 bits per heavy atom. The van der Waals surface area contributed by atoms with Gasteiger partial charge in [-0.25, -0.2) is 4.98 Å². The summed E-state index contributed by atoms with van der Waals surface area (Å²) in [6.45, 7) is 3.66. The molecule has 2 aromatic rings. The zero-order valence-electron chi connectivity index (χ0n) is 8.70. The van der Waals surface area contributed by atoms with E-state index in [-0.39, 0.29) is 0 Å². The maximum atomic E-state index is 4.22. The minimum Gasteiger partial charge on any atom is -0.348 e. The van der Waals surface area contributed by atoms with Crippen LogP contribution in [-0.4, -0.2) is 15.0 Å². The van der Waals surface area contributed by atoms with Crippen molar-refractivity contribution in [3.8, 4) is 0 Å². The van der Waals surface area contributed by atoms with Crippen molar-refractivity contribution >= 4 is 0 Å². The average molecular weight is 202 g/mol. The highest BCUT2D eigenvalue weighted by Crippen LogP contribution is 2.00. The summed E-state index contributed by atoms with van der Waals surface area (Å²) >= 11 is 0. The molecule has 0 aliphatic rings. The van der Waals surface area contributed by atoms with Gasteiger partial charge >= 0.3 is 0 Å². The van der Waals surface area contributed by atoms with E-state index in [1.807, 2.05) is 19.1 Å². The summed E-state index contributed by atoms with van der Waals surface area (Å²) in [5, 5.41) is 3.33. The van der Waals surface area contributed by atoms with Crippen molar-refractivity contribution in [1.29, 1.82) is 0 Å². The molecular weight excluding hydrogens is 188 g/mol. The standard InChI is InChI=1S/C11H14N4/c1-9-11(15-8-14-9)7-13-6-10-2-4-12-5-3-10/h2-5,8,13H,6-7H2,1H3,(H,14,15). The molecule has 0 unspecified atom stereocenters. The number of aryl methyl sites for hydroxylation is 1. The molecule has 0 fully saturated rings. The predicted octanol–water partition coefficient (Wildman–Crippen LogP) is 1.40. The Bertz CT molecular complexity index is 408. The second kappa shape index (κ2) is 4.70. The van der Waals surface area contributed by atoms with Gasteiger partial charge in [0.05, 0.1) is 12.0 Å². The fourth-order valence-electron chi connectivity index (χ4n) is 1.39. The van der Waals surface area contributed by atoms with Crippen molar-refractivity contribution in [3.05, 3.63) is 47.8 Å². The SMILES string of the molecule is Cc1[nH]cnc1CNCc1ccncc1. The first-order chi connectivity index (χ1) is 7.36. The van der Waals surface area contributed by atoms with Crippen LogP contribution in [0.5, 0.6) is 0 Å². The molecule has 2 aromatic heterocycles. The molecule has 0 bridgehead atoms.